The van der Waals surface area contributed by atoms with Crippen LogP contribution in [0, 0.1) is 0 Å². The average molecular weight is 277 g/mol. The van der Waals surface area contributed by atoms with Gasteiger partial charge < -0.3 is 9.31 Å². The van der Waals surface area contributed by atoms with E-state index in [0.717, 1.165) is 10.6 Å². The Morgan fingerprint density at radius 1 is 1.21 bits per heavy atom. The third-order valence-corrected chi connectivity index (χ3v) is 4.56. The Hall–Kier alpha value is -1.18. The molecule has 5 nitrogen and oxygen atoms in total. The second-order valence-electron chi connectivity index (χ2n) is 5.63. The summed E-state index contributed by atoms with van der Waals surface area (Å²) in [4.78, 5) is 8.44. The molecule has 1 aliphatic rings. The quantitative estimate of drug-likeness (QED) is 0.783. The van der Waals surface area contributed by atoms with Gasteiger partial charge in [0.05, 0.1) is 34.8 Å². The maximum absolute atomic E-state index is 5.97. The van der Waals surface area contributed by atoms with E-state index in [2.05, 4.69) is 9.97 Å². The number of thiazole rings is 1. The van der Waals surface area contributed by atoms with Crippen LogP contribution in [0.1, 0.15) is 27.7 Å². The van der Waals surface area contributed by atoms with Gasteiger partial charge in [-0.25, -0.2) is 4.98 Å². The van der Waals surface area contributed by atoms with Gasteiger partial charge in [0, 0.05) is 6.20 Å². The zero-order valence-electron chi connectivity index (χ0n) is 11.5. The molecule has 0 aromatic carbocycles. The maximum Gasteiger partial charge on any atom is 0.516 e. The molecule has 0 unspecified atom stereocenters. The molecule has 0 atom stereocenters. The van der Waals surface area contributed by atoms with E-state index in [0.29, 0.717) is 0 Å². The Morgan fingerprint density at radius 3 is 2.47 bits per heavy atom. The first-order valence-electron chi connectivity index (χ1n) is 6.17. The van der Waals surface area contributed by atoms with Gasteiger partial charge in [-0.1, -0.05) is 0 Å². The highest BCUT2D eigenvalue weighted by atomic mass is 32.1. The fourth-order valence-electron chi connectivity index (χ4n) is 1.88. The van der Waals surface area contributed by atoms with Crippen molar-refractivity contribution in [3.63, 3.8) is 0 Å². The molecule has 100 valence electrons. The molecule has 0 radical (unpaired) electrons. The SMILES string of the molecule is CC1(C)OB(c2cn(-c3cncs3)cn2)OC1(C)C. The molecule has 2 aromatic heterocycles. The lowest BCUT2D eigenvalue weighted by molar-refractivity contribution is 0.00578. The zero-order valence-corrected chi connectivity index (χ0v) is 12.3. The van der Waals surface area contributed by atoms with Crippen LogP contribution in [-0.2, 0) is 9.31 Å². The molecule has 0 aliphatic carbocycles. The summed E-state index contributed by atoms with van der Waals surface area (Å²) in [6, 6.07) is 0. The minimum Gasteiger partial charge on any atom is -0.398 e. The Kier molecular flexibility index (Phi) is 2.81. The van der Waals surface area contributed by atoms with Crippen molar-refractivity contribution < 1.29 is 9.31 Å². The van der Waals surface area contributed by atoms with E-state index in [4.69, 9.17) is 9.31 Å². The molecule has 3 rings (SSSR count). The minimum atomic E-state index is -0.417. The van der Waals surface area contributed by atoms with Crippen LogP contribution in [0.25, 0.3) is 5.00 Å². The van der Waals surface area contributed by atoms with Crippen LogP contribution >= 0.6 is 11.3 Å². The van der Waals surface area contributed by atoms with Gasteiger partial charge in [0.1, 0.15) is 5.00 Å². The van der Waals surface area contributed by atoms with Gasteiger partial charge in [0.15, 0.2) is 0 Å². The lowest BCUT2D eigenvalue weighted by atomic mass is 9.86. The molecular weight excluding hydrogens is 261 g/mol. The molecule has 0 saturated carbocycles. The first-order chi connectivity index (χ1) is 8.89. The van der Waals surface area contributed by atoms with Crippen molar-refractivity contribution >= 4 is 24.0 Å². The molecule has 1 aliphatic heterocycles. The second kappa shape index (κ2) is 4.16. The summed E-state index contributed by atoms with van der Waals surface area (Å²) in [5.74, 6) is 0. The van der Waals surface area contributed by atoms with Crippen molar-refractivity contribution in [2.24, 2.45) is 0 Å². The van der Waals surface area contributed by atoms with Gasteiger partial charge in [-0.2, -0.15) is 0 Å². The van der Waals surface area contributed by atoms with Crippen LogP contribution in [0.5, 0.6) is 0 Å². The fourth-order valence-corrected chi connectivity index (χ4v) is 2.45. The molecular formula is C12H16BN3O2S. The maximum atomic E-state index is 5.97. The van der Waals surface area contributed by atoms with Crippen LogP contribution in [0.2, 0.25) is 0 Å². The molecule has 0 amide bonds. The molecule has 0 bridgehead atoms. The van der Waals surface area contributed by atoms with Gasteiger partial charge in [0.25, 0.3) is 0 Å². The summed E-state index contributed by atoms with van der Waals surface area (Å²) in [7, 11) is -0.417. The Balaban J connectivity index is 1.85. The topological polar surface area (TPSA) is 49.2 Å². The molecule has 0 N–H and O–H groups in total. The monoisotopic (exact) mass is 277 g/mol. The summed E-state index contributed by atoms with van der Waals surface area (Å²) >= 11 is 1.56. The number of nitrogens with zero attached hydrogens (tertiary/aromatic N) is 3. The second-order valence-corrected chi connectivity index (χ2v) is 6.50. The van der Waals surface area contributed by atoms with Crippen LogP contribution in [0.15, 0.2) is 24.2 Å². The molecule has 1 saturated heterocycles. The van der Waals surface area contributed by atoms with Crippen molar-refractivity contribution in [2.75, 3.05) is 0 Å². The van der Waals surface area contributed by atoms with Crippen molar-refractivity contribution in [2.45, 2.75) is 38.9 Å². The van der Waals surface area contributed by atoms with Gasteiger partial charge in [-0.3, -0.25) is 9.55 Å². The van der Waals surface area contributed by atoms with Gasteiger partial charge in [-0.15, -0.1) is 11.3 Å². The first kappa shape index (κ1) is 12.8. The third-order valence-electron chi connectivity index (χ3n) is 3.77. The van der Waals surface area contributed by atoms with Gasteiger partial charge >= 0.3 is 7.12 Å². The van der Waals surface area contributed by atoms with Crippen molar-refractivity contribution in [1.82, 2.24) is 14.5 Å². The molecule has 7 heteroatoms. The minimum absolute atomic E-state index is 0.341. The van der Waals surface area contributed by atoms with E-state index < -0.39 is 7.12 Å². The van der Waals surface area contributed by atoms with Gasteiger partial charge in [0.2, 0.25) is 0 Å². The van der Waals surface area contributed by atoms with Crippen molar-refractivity contribution in [3.05, 3.63) is 24.2 Å². The summed E-state index contributed by atoms with van der Waals surface area (Å²) in [5.41, 5.74) is 1.90. The summed E-state index contributed by atoms with van der Waals surface area (Å²) in [6.45, 7) is 8.14. The van der Waals surface area contributed by atoms with E-state index >= 15 is 0 Å². The number of hydrogen-bond donors (Lipinski definition) is 0. The lowest BCUT2D eigenvalue weighted by Gasteiger charge is -2.32. The van der Waals surface area contributed by atoms with Crippen LogP contribution in [-0.4, -0.2) is 32.9 Å². The van der Waals surface area contributed by atoms with E-state index in [1.165, 1.54) is 0 Å². The molecule has 0 spiro atoms. The smallest absolute Gasteiger partial charge is 0.398 e. The number of imidazole rings is 1. The molecule has 2 aromatic rings. The highest BCUT2D eigenvalue weighted by Gasteiger charge is 2.52. The van der Waals surface area contributed by atoms with E-state index in [1.807, 2.05) is 38.5 Å². The van der Waals surface area contributed by atoms with Crippen LogP contribution in [0.3, 0.4) is 0 Å². The highest BCUT2D eigenvalue weighted by molar-refractivity contribution is 7.12. The van der Waals surface area contributed by atoms with Crippen LogP contribution < -0.4 is 5.59 Å². The molecule has 19 heavy (non-hydrogen) atoms. The summed E-state index contributed by atoms with van der Waals surface area (Å²) in [5, 5.41) is 1.02. The summed E-state index contributed by atoms with van der Waals surface area (Å²) in [6.07, 6.45) is 5.49. The number of rotatable bonds is 2. The lowest BCUT2D eigenvalue weighted by Crippen LogP contribution is -2.41. The normalized spacial score (nSPS) is 20.9. The largest absolute Gasteiger partial charge is 0.516 e. The zero-order chi connectivity index (χ0) is 13.7. The third kappa shape index (κ3) is 2.11. The summed E-state index contributed by atoms with van der Waals surface area (Å²) < 4.78 is 13.9. The number of hydrogen-bond acceptors (Lipinski definition) is 5. The predicted octanol–water partition coefficient (Wildman–Crippen LogP) is 1.63. The van der Waals surface area contributed by atoms with Gasteiger partial charge in [-0.05, 0) is 27.7 Å². The average Bonchev–Trinajstić information content (AvgIpc) is 3.00. The first-order valence-corrected chi connectivity index (χ1v) is 7.05. The van der Waals surface area contributed by atoms with Crippen molar-refractivity contribution in [1.29, 1.82) is 0 Å². The molecule has 3 heterocycles. The van der Waals surface area contributed by atoms with E-state index in [-0.39, 0.29) is 11.2 Å². The van der Waals surface area contributed by atoms with E-state index in [9.17, 15) is 0 Å². The van der Waals surface area contributed by atoms with Crippen LogP contribution in [0.4, 0.5) is 0 Å². The standard InChI is InChI=1S/C12H16BN3O2S/c1-11(2)12(3,4)18-13(17-11)9-6-16(7-15-9)10-5-14-8-19-10/h5-8H,1-4H3. The number of aromatic nitrogens is 3. The van der Waals surface area contributed by atoms with E-state index in [1.54, 1.807) is 29.4 Å². The Bertz CT molecular complexity index is 564. The van der Waals surface area contributed by atoms with Crippen molar-refractivity contribution in [3.8, 4) is 5.00 Å². The Labute approximate surface area is 116 Å². The predicted molar refractivity (Wildman–Crippen MR) is 75.0 cm³/mol. The fraction of sp³-hybridized carbons (Fsp3) is 0.500. The Morgan fingerprint density at radius 2 is 1.89 bits per heavy atom. The highest BCUT2D eigenvalue weighted by Crippen LogP contribution is 2.36. The molecule has 1 fully saturated rings.